The van der Waals surface area contributed by atoms with Gasteiger partial charge in [0.1, 0.15) is 17.4 Å². The van der Waals surface area contributed by atoms with Gasteiger partial charge in [0.05, 0.1) is 17.9 Å². The Kier molecular flexibility index (Phi) is 7.44. The number of ether oxygens (including phenoxy) is 1. The Morgan fingerprint density at radius 2 is 1.87 bits per heavy atom. The van der Waals surface area contributed by atoms with Gasteiger partial charge in [-0.3, -0.25) is 9.59 Å². The normalized spacial score (nSPS) is 19.5. The summed E-state index contributed by atoms with van der Waals surface area (Å²) in [6.07, 6.45) is 6.44. The number of nitrogens with zero attached hydrogens (tertiary/aromatic N) is 2. The van der Waals surface area contributed by atoms with Crippen LogP contribution in [0.5, 0.6) is 5.75 Å². The molecule has 3 aromatic rings. The van der Waals surface area contributed by atoms with Gasteiger partial charge in [-0.25, -0.2) is 22.5 Å². The van der Waals surface area contributed by atoms with Crippen LogP contribution in [0, 0.1) is 11.7 Å². The van der Waals surface area contributed by atoms with Crippen molar-refractivity contribution in [3.05, 3.63) is 70.4 Å². The first-order chi connectivity index (χ1) is 18.6. The van der Waals surface area contributed by atoms with Crippen LogP contribution in [-0.4, -0.2) is 43.0 Å². The smallest absolute Gasteiger partial charge is 0.269 e. The lowest BCUT2D eigenvalue weighted by molar-refractivity contribution is 0.0981. The third-order valence-corrected chi connectivity index (χ3v) is 8.85. The molecule has 1 amide bonds. The van der Waals surface area contributed by atoms with Crippen LogP contribution in [0.3, 0.4) is 0 Å². The molecule has 2 atom stereocenters. The van der Waals surface area contributed by atoms with Crippen molar-refractivity contribution in [3.8, 4) is 17.0 Å². The van der Waals surface area contributed by atoms with Crippen molar-refractivity contribution < 1.29 is 22.3 Å². The number of anilines is 1. The largest absolute Gasteiger partial charge is 0.493 e. The summed E-state index contributed by atoms with van der Waals surface area (Å²) in [4.78, 5) is 33.8. The molecule has 0 unspecified atom stereocenters. The summed E-state index contributed by atoms with van der Waals surface area (Å²) in [6, 6.07) is 10.0. The van der Waals surface area contributed by atoms with Gasteiger partial charge in [-0.2, -0.15) is 0 Å². The monoisotopic (exact) mass is 554 g/mol. The summed E-state index contributed by atoms with van der Waals surface area (Å²) < 4.78 is 48.1. The maximum atomic E-state index is 14.6. The molecule has 9 nitrogen and oxygen atoms in total. The Labute approximate surface area is 226 Å². The summed E-state index contributed by atoms with van der Waals surface area (Å²) >= 11 is 0. The standard InChI is InChI=1S/C28H31FN4O5S/c1-17-8-9-18(2)33(17)26-23(27(34)32-39(36,37)25-7-4-12-30-28(25)35)10-11-24(31-26)20-13-21(29)15-22(14-20)38-16-19-5-3-6-19/h4,7,10-15,17-19H,3,5-6,8-9,16H2,1-2H3,(H,30,35)(H,32,34)/t17-,18-/m0/s1. The minimum atomic E-state index is -4.45. The molecule has 206 valence electrons. The van der Waals surface area contributed by atoms with Crippen LogP contribution in [0.2, 0.25) is 0 Å². The molecule has 11 heteroatoms. The van der Waals surface area contributed by atoms with Crippen molar-refractivity contribution in [2.24, 2.45) is 5.92 Å². The maximum Gasteiger partial charge on any atom is 0.269 e. The van der Waals surface area contributed by atoms with Crippen LogP contribution >= 0.6 is 0 Å². The van der Waals surface area contributed by atoms with Gasteiger partial charge >= 0.3 is 0 Å². The molecule has 1 saturated carbocycles. The predicted octanol–water partition coefficient (Wildman–Crippen LogP) is 4.25. The highest BCUT2D eigenvalue weighted by atomic mass is 32.2. The summed E-state index contributed by atoms with van der Waals surface area (Å²) in [6.45, 7) is 4.55. The molecule has 2 fully saturated rings. The molecule has 1 aromatic carbocycles. The molecule has 3 heterocycles. The fourth-order valence-corrected chi connectivity index (χ4v) is 6.14. The van der Waals surface area contributed by atoms with Gasteiger partial charge < -0.3 is 14.6 Å². The summed E-state index contributed by atoms with van der Waals surface area (Å²) in [5.41, 5.74) is 0.0980. The highest BCUT2D eigenvalue weighted by Gasteiger charge is 2.33. The molecule has 5 rings (SSSR count). The molecule has 39 heavy (non-hydrogen) atoms. The quantitative estimate of drug-likeness (QED) is 0.427. The number of rotatable bonds is 8. The second-order valence-electron chi connectivity index (χ2n) is 10.3. The Balaban J connectivity index is 1.51. The van der Waals surface area contributed by atoms with Crippen molar-refractivity contribution >= 4 is 21.7 Å². The molecule has 2 aromatic heterocycles. The fourth-order valence-electron chi connectivity index (χ4n) is 5.11. The topological polar surface area (TPSA) is 121 Å². The van der Waals surface area contributed by atoms with Crippen molar-refractivity contribution in [2.45, 2.75) is 62.9 Å². The zero-order valence-electron chi connectivity index (χ0n) is 21.8. The SMILES string of the molecule is C[C@H]1CC[C@H](C)N1c1nc(-c2cc(F)cc(OCC3CCC3)c2)ccc1C(=O)NS(=O)(=O)c1ccc[nH]c1=O. The maximum absolute atomic E-state index is 14.6. The van der Waals surface area contributed by atoms with E-state index >= 15 is 0 Å². The van der Waals surface area contributed by atoms with E-state index in [4.69, 9.17) is 9.72 Å². The lowest BCUT2D eigenvalue weighted by atomic mass is 9.86. The summed E-state index contributed by atoms with van der Waals surface area (Å²) in [5, 5.41) is 0. The van der Waals surface area contributed by atoms with Gasteiger partial charge in [-0.15, -0.1) is 0 Å². The Bertz CT molecular complexity index is 1540. The number of aromatic amines is 1. The summed E-state index contributed by atoms with van der Waals surface area (Å²) in [5.74, 6) is -0.198. The van der Waals surface area contributed by atoms with Crippen molar-refractivity contribution in [3.63, 3.8) is 0 Å². The molecular formula is C28H31FN4O5S. The molecule has 0 radical (unpaired) electrons. The Hall–Kier alpha value is -3.73. The van der Waals surface area contributed by atoms with Gasteiger partial charge in [-0.1, -0.05) is 6.42 Å². The number of carbonyl (C=O) groups excluding carboxylic acids is 1. The number of amides is 1. The summed E-state index contributed by atoms with van der Waals surface area (Å²) in [7, 11) is -4.45. The first-order valence-electron chi connectivity index (χ1n) is 13.1. The predicted molar refractivity (Wildman–Crippen MR) is 145 cm³/mol. The van der Waals surface area contributed by atoms with E-state index in [2.05, 4.69) is 4.98 Å². The number of H-pyrrole nitrogens is 1. The van der Waals surface area contributed by atoms with Gasteiger partial charge in [0.2, 0.25) is 0 Å². The zero-order chi connectivity index (χ0) is 27.7. The van der Waals surface area contributed by atoms with E-state index in [9.17, 15) is 22.4 Å². The van der Waals surface area contributed by atoms with Crippen LogP contribution in [0.4, 0.5) is 10.2 Å². The fraction of sp³-hybridized carbons (Fsp3) is 0.393. The number of hydrogen-bond acceptors (Lipinski definition) is 7. The number of halogens is 1. The Morgan fingerprint density at radius 1 is 1.13 bits per heavy atom. The molecule has 0 spiro atoms. The van der Waals surface area contributed by atoms with Crippen LogP contribution in [0.15, 0.2) is 58.4 Å². The van der Waals surface area contributed by atoms with Gasteiger partial charge in [-0.05, 0) is 81.8 Å². The van der Waals surface area contributed by atoms with Gasteiger partial charge in [0.15, 0.2) is 4.90 Å². The van der Waals surface area contributed by atoms with Crippen molar-refractivity contribution in [2.75, 3.05) is 11.5 Å². The molecule has 1 saturated heterocycles. The highest BCUT2D eigenvalue weighted by Crippen LogP contribution is 2.35. The minimum absolute atomic E-state index is 0.0353. The second kappa shape index (κ2) is 10.8. The molecular weight excluding hydrogens is 523 g/mol. The number of carbonyl (C=O) groups is 1. The number of benzene rings is 1. The molecule has 2 N–H and O–H groups in total. The van der Waals surface area contributed by atoms with E-state index in [0.29, 0.717) is 35.3 Å². The molecule has 2 aliphatic rings. The van der Waals surface area contributed by atoms with E-state index in [1.807, 2.05) is 23.5 Å². The minimum Gasteiger partial charge on any atom is -0.493 e. The number of hydrogen-bond donors (Lipinski definition) is 2. The van der Waals surface area contributed by atoms with E-state index in [0.717, 1.165) is 31.7 Å². The average Bonchev–Trinajstić information content (AvgIpc) is 3.19. The van der Waals surface area contributed by atoms with Crippen LogP contribution in [0.1, 0.15) is 56.3 Å². The van der Waals surface area contributed by atoms with Crippen LogP contribution < -0.4 is 19.9 Å². The lowest BCUT2D eigenvalue weighted by Gasteiger charge is -2.29. The zero-order valence-corrected chi connectivity index (χ0v) is 22.6. The second-order valence-corrected chi connectivity index (χ2v) is 12.0. The number of aromatic nitrogens is 2. The van der Waals surface area contributed by atoms with Gasteiger partial charge in [0.25, 0.3) is 21.5 Å². The van der Waals surface area contributed by atoms with Crippen LogP contribution in [0.25, 0.3) is 11.3 Å². The molecule has 1 aliphatic heterocycles. The first-order valence-corrected chi connectivity index (χ1v) is 14.6. The van der Waals surface area contributed by atoms with E-state index in [1.165, 1.54) is 36.9 Å². The van der Waals surface area contributed by atoms with Crippen LogP contribution in [-0.2, 0) is 10.0 Å². The highest BCUT2D eigenvalue weighted by molar-refractivity contribution is 7.90. The molecule has 1 aliphatic carbocycles. The number of nitrogens with one attached hydrogen (secondary N) is 2. The van der Waals surface area contributed by atoms with E-state index < -0.39 is 32.2 Å². The Morgan fingerprint density at radius 3 is 2.54 bits per heavy atom. The lowest BCUT2D eigenvalue weighted by Crippen LogP contribution is -2.38. The first kappa shape index (κ1) is 26.9. The van der Waals surface area contributed by atoms with E-state index in [-0.39, 0.29) is 17.6 Å². The van der Waals surface area contributed by atoms with Crippen molar-refractivity contribution in [1.82, 2.24) is 14.7 Å². The van der Waals surface area contributed by atoms with Gasteiger partial charge in [0, 0.05) is 29.9 Å². The number of sulfonamides is 1. The average molecular weight is 555 g/mol. The molecule has 0 bridgehead atoms. The van der Waals surface area contributed by atoms with Crippen molar-refractivity contribution in [1.29, 1.82) is 0 Å². The third-order valence-electron chi connectivity index (χ3n) is 7.49. The third kappa shape index (κ3) is 5.68. The van der Waals surface area contributed by atoms with E-state index in [1.54, 1.807) is 12.1 Å². The number of pyridine rings is 2.